The Morgan fingerprint density at radius 2 is 2.26 bits per heavy atom. The summed E-state index contributed by atoms with van der Waals surface area (Å²) < 4.78 is 0. The van der Waals surface area contributed by atoms with Crippen LogP contribution in [0.5, 0.6) is 0 Å². The second-order valence-corrected chi connectivity index (χ2v) is 5.21. The Labute approximate surface area is 121 Å². The molecule has 3 N–H and O–H groups in total. The van der Waals surface area contributed by atoms with Crippen molar-refractivity contribution in [3.8, 4) is 0 Å². The first-order chi connectivity index (χ1) is 9.22. The molecule has 0 aliphatic carbocycles. The minimum Gasteiger partial charge on any atom is -0.308 e. The van der Waals surface area contributed by atoms with Gasteiger partial charge in [-0.15, -0.1) is 0 Å². The SMILES string of the molecule is CCCc1nc(NN)cc(Sc2ncccc2Cl)n1. The van der Waals surface area contributed by atoms with Crippen LogP contribution in [0.1, 0.15) is 19.2 Å². The Hall–Kier alpha value is -1.37. The fourth-order valence-corrected chi connectivity index (χ4v) is 2.52. The molecule has 0 aliphatic rings. The Bertz CT molecular complexity index is 564. The number of anilines is 1. The summed E-state index contributed by atoms with van der Waals surface area (Å²) in [5.41, 5.74) is 2.55. The van der Waals surface area contributed by atoms with E-state index in [1.54, 1.807) is 24.4 Å². The first kappa shape index (κ1) is 14.0. The van der Waals surface area contributed by atoms with Gasteiger partial charge in [0.25, 0.3) is 0 Å². The summed E-state index contributed by atoms with van der Waals surface area (Å²) in [4.78, 5) is 13.0. The van der Waals surface area contributed by atoms with Crippen molar-refractivity contribution >= 4 is 29.2 Å². The van der Waals surface area contributed by atoms with Crippen LogP contribution in [0, 0.1) is 0 Å². The molecular formula is C12H14ClN5S. The van der Waals surface area contributed by atoms with E-state index >= 15 is 0 Å². The molecule has 2 heterocycles. The molecule has 2 aromatic heterocycles. The Balaban J connectivity index is 2.29. The van der Waals surface area contributed by atoms with E-state index in [4.69, 9.17) is 17.4 Å². The minimum absolute atomic E-state index is 0.591. The highest BCUT2D eigenvalue weighted by molar-refractivity contribution is 7.99. The van der Waals surface area contributed by atoms with Gasteiger partial charge >= 0.3 is 0 Å². The topological polar surface area (TPSA) is 76.7 Å². The van der Waals surface area contributed by atoms with E-state index < -0.39 is 0 Å². The maximum absolute atomic E-state index is 6.08. The van der Waals surface area contributed by atoms with Crippen molar-refractivity contribution in [2.24, 2.45) is 5.84 Å². The number of nitrogens with zero attached hydrogens (tertiary/aromatic N) is 3. The number of nitrogen functional groups attached to an aromatic ring is 1. The molecule has 0 fully saturated rings. The average Bonchev–Trinajstić information content (AvgIpc) is 2.41. The predicted octanol–water partition coefficient (Wildman–Crippen LogP) is 2.91. The number of hydrogen-bond acceptors (Lipinski definition) is 6. The standard InChI is InChI=1S/C12H14ClN5S/c1-2-4-9-16-10(18-14)7-11(17-9)19-12-8(13)5-3-6-15-12/h3,5-7H,2,4,14H2,1H3,(H,16,17,18). The van der Waals surface area contributed by atoms with Gasteiger partial charge < -0.3 is 5.43 Å². The van der Waals surface area contributed by atoms with E-state index in [0.717, 1.165) is 23.7 Å². The normalized spacial score (nSPS) is 10.5. The predicted molar refractivity (Wildman–Crippen MR) is 77.2 cm³/mol. The highest BCUT2D eigenvalue weighted by atomic mass is 35.5. The number of aromatic nitrogens is 3. The molecule has 0 bridgehead atoms. The van der Waals surface area contributed by atoms with Crippen molar-refractivity contribution in [2.45, 2.75) is 29.8 Å². The number of halogens is 1. The molecule has 2 rings (SSSR count). The number of pyridine rings is 1. The summed E-state index contributed by atoms with van der Waals surface area (Å²) in [6.07, 6.45) is 3.48. The van der Waals surface area contributed by atoms with Crippen molar-refractivity contribution in [1.82, 2.24) is 15.0 Å². The van der Waals surface area contributed by atoms with Crippen molar-refractivity contribution < 1.29 is 0 Å². The molecule has 0 atom stereocenters. The Morgan fingerprint density at radius 3 is 2.95 bits per heavy atom. The van der Waals surface area contributed by atoms with Gasteiger partial charge in [0.15, 0.2) is 0 Å². The van der Waals surface area contributed by atoms with Gasteiger partial charge in [0.2, 0.25) is 0 Å². The van der Waals surface area contributed by atoms with Crippen LogP contribution in [0.25, 0.3) is 0 Å². The number of hydrogen-bond donors (Lipinski definition) is 2. The highest BCUT2D eigenvalue weighted by Crippen LogP contribution is 2.30. The lowest BCUT2D eigenvalue weighted by Gasteiger charge is -2.07. The summed E-state index contributed by atoms with van der Waals surface area (Å²) in [6.45, 7) is 2.08. The van der Waals surface area contributed by atoms with Crippen LogP contribution in [0.15, 0.2) is 34.4 Å². The third-order valence-corrected chi connectivity index (χ3v) is 3.65. The van der Waals surface area contributed by atoms with Crippen molar-refractivity contribution in [3.05, 3.63) is 35.2 Å². The number of nitrogens with two attached hydrogens (primary N) is 1. The van der Waals surface area contributed by atoms with E-state index in [0.29, 0.717) is 15.9 Å². The molecule has 0 radical (unpaired) electrons. The molecular weight excluding hydrogens is 282 g/mol. The lowest BCUT2D eigenvalue weighted by atomic mass is 10.3. The summed E-state index contributed by atoms with van der Waals surface area (Å²) in [5, 5.41) is 2.09. The van der Waals surface area contributed by atoms with Gasteiger partial charge in [-0.1, -0.05) is 18.5 Å². The molecule has 7 heteroatoms. The quantitative estimate of drug-likeness (QED) is 0.502. The molecule has 0 amide bonds. The van der Waals surface area contributed by atoms with Crippen molar-refractivity contribution in [2.75, 3.05) is 5.43 Å². The molecule has 19 heavy (non-hydrogen) atoms. The largest absolute Gasteiger partial charge is 0.308 e. The van der Waals surface area contributed by atoms with Crippen molar-refractivity contribution in [3.63, 3.8) is 0 Å². The number of rotatable bonds is 5. The van der Waals surface area contributed by atoms with Gasteiger partial charge in [0, 0.05) is 18.7 Å². The molecule has 0 unspecified atom stereocenters. The van der Waals surface area contributed by atoms with Gasteiger partial charge in [-0.05, 0) is 30.3 Å². The zero-order valence-corrected chi connectivity index (χ0v) is 12.0. The molecule has 0 aliphatic heterocycles. The number of hydrazine groups is 1. The lowest BCUT2D eigenvalue weighted by Crippen LogP contribution is -2.10. The first-order valence-electron chi connectivity index (χ1n) is 5.86. The maximum Gasteiger partial charge on any atom is 0.144 e. The summed E-state index contributed by atoms with van der Waals surface area (Å²) in [6, 6.07) is 5.36. The van der Waals surface area contributed by atoms with E-state index in [-0.39, 0.29) is 0 Å². The lowest BCUT2D eigenvalue weighted by molar-refractivity contribution is 0.810. The van der Waals surface area contributed by atoms with Crippen LogP contribution >= 0.6 is 23.4 Å². The second kappa shape index (κ2) is 6.70. The van der Waals surface area contributed by atoms with E-state index in [1.165, 1.54) is 11.8 Å². The van der Waals surface area contributed by atoms with Gasteiger partial charge in [-0.3, -0.25) is 0 Å². The fraction of sp³-hybridized carbons (Fsp3) is 0.250. The third-order valence-electron chi connectivity index (χ3n) is 2.30. The smallest absolute Gasteiger partial charge is 0.144 e. The van der Waals surface area contributed by atoms with Gasteiger partial charge in [0.1, 0.15) is 21.7 Å². The molecule has 100 valence electrons. The molecule has 0 saturated carbocycles. The zero-order chi connectivity index (χ0) is 13.7. The summed E-state index contributed by atoms with van der Waals surface area (Å²) >= 11 is 7.48. The Kier molecular flexibility index (Phi) is 4.95. The first-order valence-corrected chi connectivity index (χ1v) is 7.05. The molecule has 2 aromatic rings. The van der Waals surface area contributed by atoms with Crippen LogP contribution < -0.4 is 11.3 Å². The summed E-state index contributed by atoms with van der Waals surface area (Å²) in [5.74, 6) is 6.76. The van der Waals surface area contributed by atoms with Crippen molar-refractivity contribution in [1.29, 1.82) is 0 Å². The van der Waals surface area contributed by atoms with Gasteiger partial charge in [-0.2, -0.15) is 0 Å². The maximum atomic E-state index is 6.08. The number of aryl methyl sites for hydroxylation is 1. The van der Waals surface area contributed by atoms with E-state index in [2.05, 4.69) is 27.3 Å². The van der Waals surface area contributed by atoms with Crippen LogP contribution in [0.4, 0.5) is 5.82 Å². The molecule has 0 aromatic carbocycles. The minimum atomic E-state index is 0.591. The fourth-order valence-electron chi connectivity index (χ4n) is 1.48. The molecule has 0 spiro atoms. The summed E-state index contributed by atoms with van der Waals surface area (Å²) in [7, 11) is 0. The molecule has 5 nitrogen and oxygen atoms in total. The highest BCUT2D eigenvalue weighted by Gasteiger charge is 2.08. The third kappa shape index (κ3) is 3.79. The van der Waals surface area contributed by atoms with Gasteiger partial charge in [-0.25, -0.2) is 20.8 Å². The van der Waals surface area contributed by atoms with Crippen LogP contribution in [0.2, 0.25) is 5.02 Å². The van der Waals surface area contributed by atoms with Gasteiger partial charge in [0.05, 0.1) is 5.02 Å². The van der Waals surface area contributed by atoms with E-state index in [9.17, 15) is 0 Å². The monoisotopic (exact) mass is 295 g/mol. The van der Waals surface area contributed by atoms with Crippen LogP contribution in [0.3, 0.4) is 0 Å². The van der Waals surface area contributed by atoms with E-state index in [1.807, 2.05) is 0 Å². The van der Waals surface area contributed by atoms with Crippen LogP contribution in [-0.4, -0.2) is 15.0 Å². The Morgan fingerprint density at radius 1 is 1.42 bits per heavy atom. The zero-order valence-electron chi connectivity index (χ0n) is 10.4. The number of nitrogens with one attached hydrogen (secondary N) is 1. The second-order valence-electron chi connectivity index (χ2n) is 3.79. The average molecular weight is 296 g/mol. The van der Waals surface area contributed by atoms with Crippen LogP contribution in [-0.2, 0) is 6.42 Å². The molecule has 0 saturated heterocycles.